The van der Waals surface area contributed by atoms with Gasteiger partial charge in [-0.1, -0.05) is 0 Å². The van der Waals surface area contributed by atoms with Crippen molar-refractivity contribution in [1.29, 1.82) is 0 Å². The first-order chi connectivity index (χ1) is 6.35. The molecule has 0 amide bonds. The van der Waals surface area contributed by atoms with Gasteiger partial charge in [-0.15, -0.1) is 0 Å². The van der Waals surface area contributed by atoms with E-state index in [1.54, 1.807) is 7.11 Å². The van der Waals surface area contributed by atoms with Crippen LogP contribution < -0.4 is 5.73 Å². The van der Waals surface area contributed by atoms with E-state index in [-0.39, 0.29) is 6.10 Å². The Labute approximate surface area is 84.9 Å². The van der Waals surface area contributed by atoms with Gasteiger partial charge in [-0.05, 0) is 20.3 Å². The Morgan fingerprint density at radius 1 is 1.50 bits per heavy atom. The minimum absolute atomic E-state index is 0.0511. The second kappa shape index (κ2) is 9.08. The summed E-state index contributed by atoms with van der Waals surface area (Å²) in [6, 6.07) is 0. The zero-order chi connectivity index (χ0) is 11.6. The standard InChI is InChI=1S/C6H13NO2.C3H8O2/c1-9-6(5-7)3-2-4-8;1-3(2,4)5/h4,6H,2-3,5,7H2,1H3;4-5H,1-2H3. The van der Waals surface area contributed by atoms with Gasteiger partial charge in [-0.3, -0.25) is 0 Å². The topological polar surface area (TPSA) is 92.8 Å². The molecule has 0 aromatic rings. The monoisotopic (exact) mass is 207 g/mol. The first-order valence-electron chi connectivity index (χ1n) is 4.46. The zero-order valence-electron chi connectivity index (χ0n) is 9.06. The molecule has 0 fully saturated rings. The van der Waals surface area contributed by atoms with Crippen molar-refractivity contribution >= 4 is 6.29 Å². The van der Waals surface area contributed by atoms with E-state index in [0.717, 1.165) is 12.7 Å². The van der Waals surface area contributed by atoms with Crippen LogP contribution in [-0.4, -0.2) is 42.0 Å². The SMILES string of the molecule is CC(C)(O)O.COC(CN)CCC=O. The number of carbonyl (C=O) groups is 1. The molecular formula is C9H21NO4. The van der Waals surface area contributed by atoms with E-state index in [9.17, 15) is 4.79 Å². The van der Waals surface area contributed by atoms with E-state index in [1.807, 2.05) is 0 Å². The Hall–Kier alpha value is -0.490. The van der Waals surface area contributed by atoms with Gasteiger partial charge in [-0.25, -0.2) is 0 Å². The van der Waals surface area contributed by atoms with E-state index >= 15 is 0 Å². The maximum Gasteiger partial charge on any atom is 0.156 e. The molecule has 0 aromatic carbocycles. The smallest absolute Gasteiger partial charge is 0.156 e. The lowest BCUT2D eigenvalue weighted by atomic mass is 10.2. The van der Waals surface area contributed by atoms with Crippen molar-refractivity contribution in [2.75, 3.05) is 13.7 Å². The van der Waals surface area contributed by atoms with Crippen molar-refractivity contribution < 1.29 is 19.7 Å². The van der Waals surface area contributed by atoms with E-state index in [1.165, 1.54) is 13.8 Å². The fourth-order valence-corrected chi connectivity index (χ4v) is 0.586. The minimum Gasteiger partial charge on any atom is -0.380 e. The number of carbonyl (C=O) groups excluding carboxylic acids is 1. The lowest BCUT2D eigenvalue weighted by Crippen LogP contribution is -2.22. The molecule has 0 aliphatic heterocycles. The molecule has 86 valence electrons. The molecule has 0 saturated carbocycles. The Morgan fingerprint density at radius 2 is 1.93 bits per heavy atom. The molecule has 0 aromatic heterocycles. The summed E-state index contributed by atoms with van der Waals surface area (Å²) in [6.07, 6.45) is 2.20. The van der Waals surface area contributed by atoms with Crippen molar-refractivity contribution in [3.8, 4) is 0 Å². The van der Waals surface area contributed by atoms with Gasteiger partial charge in [0.2, 0.25) is 0 Å². The highest BCUT2D eigenvalue weighted by molar-refractivity contribution is 5.49. The van der Waals surface area contributed by atoms with Crippen LogP contribution >= 0.6 is 0 Å². The third kappa shape index (κ3) is 22.5. The van der Waals surface area contributed by atoms with Crippen LogP contribution in [0.15, 0.2) is 0 Å². The lowest BCUT2D eigenvalue weighted by molar-refractivity contribution is -0.127. The van der Waals surface area contributed by atoms with Gasteiger partial charge < -0.3 is 25.5 Å². The highest BCUT2D eigenvalue weighted by Crippen LogP contribution is 1.95. The fraction of sp³-hybridized carbons (Fsp3) is 0.889. The maximum atomic E-state index is 9.84. The molecule has 0 aliphatic rings. The molecule has 14 heavy (non-hydrogen) atoms. The summed E-state index contributed by atoms with van der Waals surface area (Å²) in [6.45, 7) is 3.09. The van der Waals surface area contributed by atoms with Crippen molar-refractivity contribution in [3.63, 3.8) is 0 Å². The molecule has 0 bridgehead atoms. The molecule has 0 radical (unpaired) electrons. The molecule has 5 heteroatoms. The van der Waals surface area contributed by atoms with Crippen LogP contribution in [0.2, 0.25) is 0 Å². The summed E-state index contributed by atoms with van der Waals surface area (Å²) in [5, 5.41) is 16.2. The van der Waals surface area contributed by atoms with Crippen LogP contribution in [0.1, 0.15) is 26.7 Å². The molecule has 0 spiro atoms. The Bertz CT molecular complexity index is 123. The molecule has 1 atom stereocenters. The summed E-state index contributed by atoms with van der Waals surface area (Å²) >= 11 is 0. The number of aliphatic hydroxyl groups is 2. The fourth-order valence-electron chi connectivity index (χ4n) is 0.586. The Morgan fingerprint density at radius 3 is 2.14 bits per heavy atom. The van der Waals surface area contributed by atoms with E-state index in [2.05, 4.69) is 0 Å². The van der Waals surface area contributed by atoms with Crippen LogP contribution in [0.25, 0.3) is 0 Å². The maximum absolute atomic E-state index is 9.84. The van der Waals surface area contributed by atoms with Gasteiger partial charge in [0.1, 0.15) is 6.29 Å². The van der Waals surface area contributed by atoms with E-state index in [0.29, 0.717) is 13.0 Å². The van der Waals surface area contributed by atoms with Crippen LogP contribution in [0.5, 0.6) is 0 Å². The molecule has 0 saturated heterocycles. The average Bonchev–Trinajstić information content (AvgIpc) is 2.04. The molecule has 4 N–H and O–H groups in total. The minimum atomic E-state index is -1.50. The number of hydrogen-bond donors (Lipinski definition) is 3. The number of nitrogens with two attached hydrogens (primary N) is 1. The number of aldehydes is 1. The number of rotatable bonds is 5. The number of ether oxygens (including phenoxy) is 1. The van der Waals surface area contributed by atoms with Crippen molar-refractivity contribution in [2.24, 2.45) is 5.73 Å². The van der Waals surface area contributed by atoms with Gasteiger partial charge in [0, 0.05) is 20.1 Å². The molecule has 0 aliphatic carbocycles. The Balaban J connectivity index is 0. The predicted octanol–water partition coefficient (Wildman–Crippen LogP) is -0.354. The normalized spacial score (nSPS) is 12.7. The molecule has 0 rings (SSSR count). The van der Waals surface area contributed by atoms with Crippen molar-refractivity contribution in [2.45, 2.75) is 38.6 Å². The quantitative estimate of drug-likeness (QED) is 0.423. The van der Waals surface area contributed by atoms with Gasteiger partial charge in [0.25, 0.3) is 0 Å². The number of methoxy groups -OCH3 is 1. The summed E-state index contributed by atoms with van der Waals surface area (Å²) in [4.78, 5) is 9.84. The number of hydrogen-bond acceptors (Lipinski definition) is 5. The second-order valence-corrected chi connectivity index (χ2v) is 3.33. The van der Waals surface area contributed by atoms with Crippen molar-refractivity contribution in [1.82, 2.24) is 0 Å². The molecule has 0 heterocycles. The van der Waals surface area contributed by atoms with Crippen LogP contribution in [0, 0.1) is 0 Å². The van der Waals surface area contributed by atoms with Crippen LogP contribution in [-0.2, 0) is 9.53 Å². The average molecular weight is 207 g/mol. The van der Waals surface area contributed by atoms with Crippen molar-refractivity contribution in [3.05, 3.63) is 0 Å². The third-order valence-corrected chi connectivity index (χ3v) is 1.20. The van der Waals surface area contributed by atoms with Gasteiger partial charge in [0.05, 0.1) is 6.10 Å². The summed E-state index contributed by atoms with van der Waals surface area (Å²) in [7, 11) is 1.60. The molecule has 5 nitrogen and oxygen atoms in total. The summed E-state index contributed by atoms with van der Waals surface area (Å²) in [5.74, 6) is -1.50. The van der Waals surface area contributed by atoms with Crippen LogP contribution in [0.4, 0.5) is 0 Å². The Kier molecular flexibility index (Phi) is 10.4. The summed E-state index contributed by atoms with van der Waals surface area (Å²) in [5.41, 5.74) is 5.28. The van der Waals surface area contributed by atoms with Gasteiger partial charge in [-0.2, -0.15) is 0 Å². The lowest BCUT2D eigenvalue weighted by Gasteiger charge is -2.09. The highest BCUT2D eigenvalue weighted by atomic mass is 16.5. The first-order valence-corrected chi connectivity index (χ1v) is 4.46. The first kappa shape index (κ1) is 16.0. The van der Waals surface area contributed by atoms with Crippen LogP contribution in [0.3, 0.4) is 0 Å². The highest BCUT2D eigenvalue weighted by Gasteiger charge is 2.01. The van der Waals surface area contributed by atoms with E-state index < -0.39 is 5.79 Å². The summed E-state index contributed by atoms with van der Waals surface area (Å²) < 4.78 is 4.92. The van der Waals surface area contributed by atoms with E-state index in [4.69, 9.17) is 20.7 Å². The third-order valence-electron chi connectivity index (χ3n) is 1.20. The van der Waals surface area contributed by atoms with Gasteiger partial charge in [0.15, 0.2) is 5.79 Å². The largest absolute Gasteiger partial charge is 0.380 e. The molecule has 1 unspecified atom stereocenters. The zero-order valence-corrected chi connectivity index (χ0v) is 9.06. The van der Waals surface area contributed by atoms with Gasteiger partial charge >= 0.3 is 0 Å². The second-order valence-electron chi connectivity index (χ2n) is 3.33. The predicted molar refractivity (Wildman–Crippen MR) is 53.7 cm³/mol. The molecular weight excluding hydrogens is 186 g/mol.